The Balaban J connectivity index is 2.85. The molecule has 1 unspecified atom stereocenters. The SMILES string of the molecule is NC(Cl)Cc1cc(Cl)cc(Cl)c1. The van der Waals surface area contributed by atoms with Crippen molar-refractivity contribution in [2.24, 2.45) is 5.73 Å². The van der Waals surface area contributed by atoms with E-state index in [1.165, 1.54) is 0 Å². The van der Waals surface area contributed by atoms with Crippen LogP contribution in [0.4, 0.5) is 0 Å². The maximum Gasteiger partial charge on any atom is 0.0841 e. The van der Waals surface area contributed by atoms with Crippen molar-refractivity contribution < 1.29 is 0 Å². The smallest absolute Gasteiger partial charge is 0.0841 e. The van der Waals surface area contributed by atoms with Crippen LogP contribution < -0.4 is 5.73 Å². The lowest BCUT2D eigenvalue weighted by Crippen LogP contribution is -2.14. The zero-order valence-electron chi connectivity index (χ0n) is 6.23. The Kier molecular flexibility index (Phi) is 3.66. The number of hydrogen-bond acceptors (Lipinski definition) is 1. The van der Waals surface area contributed by atoms with Gasteiger partial charge in [0.15, 0.2) is 0 Å². The minimum atomic E-state index is -0.389. The summed E-state index contributed by atoms with van der Waals surface area (Å²) in [5.74, 6) is 0. The molecule has 0 bridgehead atoms. The number of hydrogen-bond donors (Lipinski definition) is 1. The van der Waals surface area contributed by atoms with E-state index in [9.17, 15) is 0 Å². The van der Waals surface area contributed by atoms with Crippen molar-refractivity contribution in [2.75, 3.05) is 0 Å². The van der Waals surface area contributed by atoms with Gasteiger partial charge in [-0.15, -0.1) is 11.6 Å². The lowest BCUT2D eigenvalue weighted by molar-refractivity contribution is 0.890. The van der Waals surface area contributed by atoms with Crippen LogP contribution in [0.2, 0.25) is 10.0 Å². The van der Waals surface area contributed by atoms with Crippen molar-refractivity contribution in [2.45, 2.75) is 11.9 Å². The van der Waals surface area contributed by atoms with Gasteiger partial charge >= 0.3 is 0 Å². The average Bonchev–Trinajstić information content (AvgIpc) is 1.81. The number of alkyl halides is 1. The second-order valence-electron chi connectivity index (χ2n) is 2.50. The van der Waals surface area contributed by atoms with Crippen molar-refractivity contribution in [3.05, 3.63) is 33.8 Å². The van der Waals surface area contributed by atoms with Gasteiger partial charge in [0.25, 0.3) is 0 Å². The van der Waals surface area contributed by atoms with E-state index in [1.807, 2.05) is 0 Å². The molecule has 0 aliphatic carbocycles. The van der Waals surface area contributed by atoms with Crippen LogP contribution in [0.25, 0.3) is 0 Å². The number of rotatable bonds is 2. The van der Waals surface area contributed by atoms with E-state index in [-0.39, 0.29) is 5.50 Å². The van der Waals surface area contributed by atoms with Gasteiger partial charge in [0, 0.05) is 16.5 Å². The quantitative estimate of drug-likeness (QED) is 0.606. The Bertz CT molecular complexity index is 253. The van der Waals surface area contributed by atoms with Gasteiger partial charge in [-0.05, 0) is 23.8 Å². The largest absolute Gasteiger partial charge is 0.315 e. The zero-order valence-corrected chi connectivity index (χ0v) is 8.50. The molecule has 66 valence electrons. The van der Waals surface area contributed by atoms with E-state index in [4.69, 9.17) is 40.5 Å². The van der Waals surface area contributed by atoms with E-state index in [2.05, 4.69) is 0 Å². The third-order valence-corrected chi connectivity index (χ3v) is 1.94. The molecule has 0 spiro atoms. The molecule has 0 amide bonds. The average molecular weight is 225 g/mol. The van der Waals surface area contributed by atoms with Gasteiger partial charge in [0.05, 0.1) is 5.50 Å². The molecule has 0 fully saturated rings. The normalized spacial score (nSPS) is 13.0. The summed E-state index contributed by atoms with van der Waals surface area (Å²) in [6.45, 7) is 0. The minimum absolute atomic E-state index is 0.389. The highest BCUT2D eigenvalue weighted by Gasteiger charge is 2.01. The van der Waals surface area contributed by atoms with Crippen molar-refractivity contribution in [3.8, 4) is 0 Å². The van der Waals surface area contributed by atoms with Crippen molar-refractivity contribution in [3.63, 3.8) is 0 Å². The van der Waals surface area contributed by atoms with Crippen LogP contribution in [0, 0.1) is 0 Å². The molecular formula is C8H8Cl3N. The van der Waals surface area contributed by atoms with Gasteiger partial charge in [0.1, 0.15) is 0 Å². The molecule has 1 rings (SSSR count). The minimum Gasteiger partial charge on any atom is -0.315 e. The molecule has 1 nitrogen and oxygen atoms in total. The second kappa shape index (κ2) is 4.33. The topological polar surface area (TPSA) is 26.0 Å². The predicted molar refractivity (Wildman–Crippen MR) is 54.0 cm³/mol. The highest BCUT2D eigenvalue weighted by molar-refractivity contribution is 6.34. The van der Waals surface area contributed by atoms with E-state index < -0.39 is 0 Å². The monoisotopic (exact) mass is 223 g/mol. The third-order valence-electron chi connectivity index (χ3n) is 1.35. The Morgan fingerprint density at radius 3 is 2.08 bits per heavy atom. The third kappa shape index (κ3) is 3.20. The Hall–Kier alpha value is 0.0500. The highest BCUT2D eigenvalue weighted by atomic mass is 35.5. The molecule has 4 heteroatoms. The molecule has 1 aromatic rings. The summed E-state index contributed by atoms with van der Waals surface area (Å²) in [6.07, 6.45) is 0.571. The van der Waals surface area contributed by atoms with Crippen LogP contribution in [0.1, 0.15) is 5.56 Å². The maximum atomic E-state index is 5.77. The highest BCUT2D eigenvalue weighted by Crippen LogP contribution is 2.20. The molecule has 2 N–H and O–H groups in total. The standard InChI is InChI=1S/C8H8Cl3N/c9-6-1-5(3-8(11)12)2-7(10)4-6/h1-2,4,8H,3,12H2. The first-order chi connectivity index (χ1) is 5.58. The number of halogens is 3. The number of nitrogens with two attached hydrogens (primary N) is 1. The van der Waals surface area contributed by atoms with Crippen LogP contribution in [-0.2, 0) is 6.42 Å². The predicted octanol–water partition coefficient (Wildman–Crippen LogP) is 3.06. The molecule has 0 saturated carbocycles. The maximum absolute atomic E-state index is 5.77. The van der Waals surface area contributed by atoms with Gasteiger partial charge < -0.3 is 5.73 Å². The van der Waals surface area contributed by atoms with E-state index in [1.54, 1.807) is 18.2 Å². The van der Waals surface area contributed by atoms with Gasteiger partial charge in [-0.1, -0.05) is 23.2 Å². The molecule has 1 atom stereocenters. The first-order valence-corrected chi connectivity index (χ1v) is 4.62. The van der Waals surface area contributed by atoms with Crippen LogP contribution in [0.5, 0.6) is 0 Å². The summed E-state index contributed by atoms with van der Waals surface area (Å²) in [7, 11) is 0. The van der Waals surface area contributed by atoms with Crippen LogP contribution in [-0.4, -0.2) is 5.50 Å². The van der Waals surface area contributed by atoms with E-state index in [0.717, 1.165) is 5.56 Å². The van der Waals surface area contributed by atoms with Gasteiger partial charge in [-0.2, -0.15) is 0 Å². The van der Waals surface area contributed by atoms with E-state index in [0.29, 0.717) is 16.5 Å². The first-order valence-electron chi connectivity index (χ1n) is 3.42. The summed E-state index contributed by atoms with van der Waals surface area (Å²) in [5.41, 5.74) is 5.97. The molecular weight excluding hydrogens is 216 g/mol. The Morgan fingerprint density at radius 2 is 1.67 bits per heavy atom. The molecule has 0 heterocycles. The molecule has 0 aliphatic rings. The lowest BCUT2D eigenvalue weighted by Gasteiger charge is -2.04. The summed E-state index contributed by atoms with van der Waals surface area (Å²) >= 11 is 17.1. The molecule has 1 aromatic carbocycles. The fourth-order valence-corrected chi connectivity index (χ4v) is 1.70. The van der Waals surface area contributed by atoms with Crippen molar-refractivity contribution >= 4 is 34.8 Å². The molecule has 12 heavy (non-hydrogen) atoms. The summed E-state index contributed by atoms with van der Waals surface area (Å²) < 4.78 is 0. The summed E-state index contributed by atoms with van der Waals surface area (Å²) in [4.78, 5) is 0. The number of benzene rings is 1. The first kappa shape index (κ1) is 10.1. The van der Waals surface area contributed by atoms with Crippen LogP contribution in [0.15, 0.2) is 18.2 Å². The van der Waals surface area contributed by atoms with Crippen LogP contribution in [0.3, 0.4) is 0 Å². The Labute approximate surface area is 86.4 Å². The molecule has 0 saturated heterocycles. The van der Waals surface area contributed by atoms with Crippen LogP contribution >= 0.6 is 34.8 Å². The summed E-state index contributed by atoms with van der Waals surface area (Å²) in [5, 5.41) is 1.21. The second-order valence-corrected chi connectivity index (χ2v) is 3.93. The van der Waals surface area contributed by atoms with E-state index >= 15 is 0 Å². The molecule has 0 radical (unpaired) electrons. The fraction of sp³-hybridized carbons (Fsp3) is 0.250. The lowest BCUT2D eigenvalue weighted by atomic mass is 10.1. The molecule has 0 aliphatic heterocycles. The fourth-order valence-electron chi connectivity index (χ4n) is 0.954. The van der Waals surface area contributed by atoms with Gasteiger partial charge in [-0.3, -0.25) is 0 Å². The van der Waals surface area contributed by atoms with Crippen molar-refractivity contribution in [1.82, 2.24) is 0 Å². The molecule has 0 aromatic heterocycles. The summed E-state index contributed by atoms with van der Waals surface area (Å²) in [6, 6.07) is 5.28. The zero-order chi connectivity index (χ0) is 9.14. The Morgan fingerprint density at radius 1 is 1.17 bits per heavy atom. The van der Waals surface area contributed by atoms with Crippen molar-refractivity contribution in [1.29, 1.82) is 0 Å². The van der Waals surface area contributed by atoms with Gasteiger partial charge in [0.2, 0.25) is 0 Å². The van der Waals surface area contributed by atoms with Gasteiger partial charge in [-0.25, -0.2) is 0 Å².